The van der Waals surface area contributed by atoms with Gasteiger partial charge in [0, 0.05) is 12.3 Å². The maximum atomic E-state index is 10.9. The van der Waals surface area contributed by atoms with Crippen molar-refractivity contribution in [3.63, 3.8) is 0 Å². The average Bonchev–Trinajstić information content (AvgIpc) is 2.42. The van der Waals surface area contributed by atoms with E-state index in [2.05, 4.69) is 6.92 Å². The highest BCUT2D eigenvalue weighted by Crippen LogP contribution is 2.41. The summed E-state index contributed by atoms with van der Waals surface area (Å²) in [6.07, 6.45) is 12.9. The van der Waals surface area contributed by atoms with Gasteiger partial charge in [-0.25, -0.2) is 0 Å². The van der Waals surface area contributed by atoms with Gasteiger partial charge < -0.3 is 5.11 Å². The molecule has 4 unspecified atom stereocenters. The van der Waals surface area contributed by atoms with Gasteiger partial charge in [0.05, 0.1) is 5.92 Å². The molecule has 120 valence electrons. The molecule has 0 heterocycles. The fraction of sp³-hybridized carbons (Fsp3) is 0.889. The second kappa shape index (κ2) is 7.95. The number of ketones is 1. The van der Waals surface area contributed by atoms with Crippen LogP contribution in [0.1, 0.15) is 77.6 Å². The van der Waals surface area contributed by atoms with Crippen molar-refractivity contribution in [3.8, 4) is 0 Å². The normalized spacial score (nSPS) is 36.1. The Morgan fingerprint density at radius 3 is 2.14 bits per heavy atom. The SMILES string of the molecule is CC1CCCCCCC1C(=O)O.O=C1CC2CCCCC12. The van der Waals surface area contributed by atoms with Gasteiger partial charge in [-0.15, -0.1) is 0 Å². The van der Waals surface area contributed by atoms with Crippen LogP contribution in [-0.2, 0) is 9.59 Å². The van der Waals surface area contributed by atoms with Crippen molar-refractivity contribution < 1.29 is 14.7 Å². The summed E-state index contributed by atoms with van der Waals surface area (Å²) in [6.45, 7) is 2.07. The minimum Gasteiger partial charge on any atom is -0.481 e. The molecule has 0 amide bonds. The van der Waals surface area contributed by atoms with Gasteiger partial charge in [-0.1, -0.05) is 45.4 Å². The van der Waals surface area contributed by atoms with Crippen LogP contribution in [0.5, 0.6) is 0 Å². The lowest BCUT2D eigenvalue weighted by atomic mass is 9.65. The summed E-state index contributed by atoms with van der Waals surface area (Å²) in [5.41, 5.74) is 0. The number of carbonyl (C=O) groups is 2. The Balaban J connectivity index is 0.000000159. The molecule has 0 aromatic carbocycles. The Labute approximate surface area is 128 Å². The zero-order valence-electron chi connectivity index (χ0n) is 13.4. The molecule has 0 aromatic rings. The topological polar surface area (TPSA) is 54.4 Å². The van der Waals surface area contributed by atoms with Crippen LogP contribution >= 0.6 is 0 Å². The lowest BCUT2D eigenvalue weighted by Gasteiger charge is -2.38. The van der Waals surface area contributed by atoms with E-state index in [1.807, 2.05) is 0 Å². The van der Waals surface area contributed by atoms with Gasteiger partial charge in [0.2, 0.25) is 0 Å². The second-order valence-corrected chi connectivity index (χ2v) is 7.24. The molecule has 3 fully saturated rings. The van der Waals surface area contributed by atoms with Crippen LogP contribution in [-0.4, -0.2) is 16.9 Å². The van der Waals surface area contributed by atoms with E-state index in [4.69, 9.17) is 5.11 Å². The summed E-state index contributed by atoms with van der Waals surface area (Å²) < 4.78 is 0. The van der Waals surface area contributed by atoms with Gasteiger partial charge >= 0.3 is 5.97 Å². The first-order valence-electron chi connectivity index (χ1n) is 8.85. The molecule has 3 aliphatic carbocycles. The standard InChI is InChI=1S/C10H18O2.C8H12O/c1-8-6-4-2-3-5-7-9(8)10(11)12;9-8-5-6-3-1-2-4-7(6)8/h8-9H,2-7H2,1H3,(H,11,12);6-7H,1-5H2. The number of hydrogen-bond acceptors (Lipinski definition) is 2. The molecule has 3 heteroatoms. The highest BCUT2D eigenvalue weighted by atomic mass is 16.4. The Morgan fingerprint density at radius 2 is 1.57 bits per heavy atom. The van der Waals surface area contributed by atoms with Crippen LogP contribution in [0.15, 0.2) is 0 Å². The molecule has 0 spiro atoms. The molecule has 3 rings (SSSR count). The Kier molecular flexibility index (Phi) is 6.25. The van der Waals surface area contributed by atoms with E-state index in [0.29, 0.717) is 17.6 Å². The molecule has 3 aliphatic rings. The summed E-state index contributed by atoms with van der Waals surface area (Å²) in [6, 6.07) is 0. The molecule has 1 N–H and O–H groups in total. The number of fused-ring (bicyclic) bond motifs is 1. The van der Waals surface area contributed by atoms with Gasteiger partial charge in [0.1, 0.15) is 5.78 Å². The van der Waals surface area contributed by atoms with Gasteiger partial charge in [-0.2, -0.15) is 0 Å². The van der Waals surface area contributed by atoms with Crippen LogP contribution in [0.25, 0.3) is 0 Å². The summed E-state index contributed by atoms with van der Waals surface area (Å²) >= 11 is 0. The average molecular weight is 294 g/mol. The molecule has 0 radical (unpaired) electrons. The van der Waals surface area contributed by atoms with E-state index < -0.39 is 5.97 Å². The van der Waals surface area contributed by atoms with Crippen LogP contribution < -0.4 is 0 Å². The first-order chi connectivity index (χ1) is 10.1. The molecule has 0 saturated heterocycles. The van der Waals surface area contributed by atoms with E-state index in [-0.39, 0.29) is 5.92 Å². The van der Waals surface area contributed by atoms with Gasteiger partial charge in [-0.05, 0) is 37.5 Å². The van der Waals surface area contributed by atoms with E-state index in [1.165, 1.54) is 44.9 Å². The van der Waals surface area contributed by atoms with Gasteiger partial charge in [-0.3, -0.25) is 9.59 Å². The Bertz CT molecular complexity index is 363. The second-order valence-electron chi connectivity index (χ2n) is 7.24. The summed E-state index contributed by atoms with van der Waals surface area (Å²) in [7, 11) is 0. The van der Waals surface area contributed by atoms with Crippen molar-refractivity contribution >= 4 is 11.8 Å². The third-order valence-corrected chi connectivity index (χ3v) is 5.71. The maximum Gasteiger partial charge on any atom is 0.306 e. The number of carboxylic acid groups (broad SMARTS) is 1. The lowest BCUT2D eigenvalue weighted by molar-refractivity contribution is -0.144. The summed E-state index contributed by atoms with van der Waals surface area (Å²) in [5.74, 6) is 1.57. The first kappa shape index (κ1) is 16.5. The number of aliphatic carboxylic acids is 1. The zero-order chi connectivity index (χ0) is 15.2. The molecule has 0 aromatic heterocycles. The van der Waals surface area contributed by atoms with E-state index in [0.717, 1.165) is 31.6 Å². The van der Waals surface area contributed by atoms with E-state index in [1.54, 1.807) is 0 Å². The number of rotatable bonds is 1. The van der Waals surface area contributed by atoms with Crippen molar-refractivity contribution in [2.24, 2.45) is 23.7 Å². The van der Waals surface area contributed by atoms with Crippen LogP contribution in [0, 0.1) is 23.7 Å². The molecular weight excluding hydrogens is 264 g/mol. The molecule has 21 heavy (non-hydrogen) atoms. The number of carbonyl (C=O) groups excluding carboxylic acids is 1. The molecule has 3 nitrogen and oxygen atoms in total. The van der Waals surface area contributed by atoms with Gasteiger partial charge in [0.15, 0.2) is 0 Å². The third kappa shape index (κ3) is 4.55. The van der Waals surface area contributed by atoms with Crippen molar-refractivity contribution in [1.29, 1.82) is 0 Å². The van der Waals surface area contributed by atoms with E-state index >= 15 is 0 Å². The lowest BCUT2D eigenvalue weighted by Crippen LogP contribution is -2.39. The van der Waals surface area contributed by atoms with Crippen molar-refractivity contribution in [3.05, 3.63) is 0 Å². The third-order valence-electron chi connectivity index (χ3n) is 5.71. The number of Topliss-reactive ketones (excluding diaryl/α,β-unsaturated/α-hetero) is 1. The van der Waals surface area contributed by atoms with Crippen molar-refractivity contribution in [2.45, 2.75) is 77.6 Å². The minimum absolute atomic E-state index is 0.0784. The fourth-order valence-electron chi connectivity index (χ4n) is 4.16. The predicted octanol–water partition coefficient (Wildman–Crippen LogP) is 4.44. The molecular formula is C18H30O3. The number of carboxylic acids is 1. The monoisotopic (exact) mass is 294 g/mol. The summed E-state index contributed by atoms with van der Waals surface area (Å²) in [5, 5.41) is 8.93. The maximum absolute atomic E-state index is 10.9. The number of hydrogen-bond donors (Lipinski definition) is 1. The smallest absolute Gasteiger partial charge is 0.306 e. The highest BCUT2D eigenvalue weighted by molar-refractivity contribution is 5.87. The minimum atomic E-state index is -0.593. The van der Waals surface area contributed by atoms with Crippen molar-refractivity contribution in [1.82, 2.24) is 0 Å². The Hall–Kier alpha value is -0.860. The summed E-state index contributed by atoms with van der Waals surface area (Å²) in [4.78, 5) is 21.7. The van der Waals surface area contributed by atoms with Crippen LogP contribution in [0.3, 0.4) is 0 Å². The first-order valence-corrected chi connectivity index (χ1v) is 8.85. The molecule has 4 atom stereocenters. The van der Waals surface area contributed by atoms with Crippen LogP contribution in [0.2, 0.25) is 0 Å². The molecule has 0 aliphatic heterocycles. The predicted molar refractivity (Wildman–Crippen MR) is 83.1 cm³/mol. The highest BCUT2D eigenvalue weighted by Gasteiger charge is 2.40. The van der Waals surface area contributed by atoms with Crippen LogP contribution in [0.4, 0.5) is 0 Å². The molecule has 0 bridgehead atoms. The quantitative estimate of drug-likeness (QED) is 0.777. The largest absolute Gasteiger partial charge is 0.481 e. The zero-order valence-corrected chi connectivity index (χ0v) is 13.4. The van der Waals surface area contributed by atoms with Crippen molar-refractivity contribution in [2.75, 3.05) is 0 Å². The molecule has 3 saturated carbocycles. The fourth-order valence-corrected chi connectivity index (χ4v) is 4.16. The Morgan fingerprint density at radius 1 is 0.952 bits per heavy atom. The van der Waals surface area contributed by atoms with Gasteiger partial charge in [0.25, 0.3) is 0 Å². The van der Waals surface area contributed by atoms with E-state index in [9.17, 15) is 9.59 Å².